The van der Waals surface area contributed by atoms with Crippen LogP contribution in [0.1, 0.15) is 73.9 Å². The Balaban J connectivity index is 2.28. The SMILES string of the molecule is CNCc1c(C(=O)OC(C)(C)C)cccc1C1CCC(NC)CC1. The number of benzene rings is 1. The van der Waals surface area contributed by atoms with Crippen molar-refractivity contribution in [2.24, 2.45) is 0 Å². The highest BCUT2D eigenvalue weighted by Gasteiger charge is 2.26. The maximum atomic E-state index is 12.6. The molecule has 0 radical (unpaired) electrons. The van der Waals surface area contributed by atoms with E-state index in [1.807, 2.05) is 47.0 Å². The summed E-state index contributed by atoms with van der Waals surface area (Å²) in [5, 5.41) is 6.61. The lowest BCUT2D eigenvalue weighted by Crippen LogP contribution is -2.30. The summed E-state index contributed by atoms with van der Waals surface area (Å²) in [7, 11) is 3.97. The summed E-state index contributed by atoms with van der Waals surface area (Å²) in [6, 6.07) is 6.70. The van der Waals surface area contributed by atoms with Crippen molar-refractivity contribution in [3.05, 3.63) is 34.9 Å². The van der Waals surface area contributed by atoms with E-state index in [0.717, 1.165) is 5.56 Å². The van der Waals surface area contributed by atoms with E-state index in [1.165, 1.54) is 31.2 Å². The van der Waals surface area contributed by atoms with Gasteiger partial charge in [-0.25, -0.2) is 4.79 Å². The minimum Gasteiger partial charge on any atom is -0.456 e. The zero-order chi connectivity index (χ0) is 17.7. The minimum absolute atomic E-state index is 0.224. The third kappa shape index (κ3) is 4.81. The first-order valence-electron chi connectivity index (χ1n) is 9.02. The lowest BCUT2D eigenvalue weighted by Gasteiger charge is -2.30. The molecule has 0 amide bonds. The fourth-order valence-corrected chi connectivity index (χ4v) is 3.58. The second-order valence-corrected chi connectivity index (χ2v) is 7.74. The van der Waals surface area contributed by atoms with E-state index >= 15 is 0 Å². The maximum absolute atomic E-state index is 12.6. The first-order valence-corrected chi connectivity index (χ1v) is 9.02. The van der Waals surface area contributed by atoms with E-state index in [1.54, 1.807) is 0 Å². The van der Waals surface area contributed by atoms with Gasteiger partial charge in [0.05, 0.1) is 5.56 Å². The molecule has 1 saturated carbocycles. The molecule has 1 aliphatic carbocycles. The molecule has 1 fully saturated rings. The number of hydrogen-bond donors (Lipinski definition) is 2. The summed E-state index contributed by atoms with van der Waals surface area (Å²) in [6.07, 6.45) is 4.72. The molecule has 4 heteroatoms. The number of ether oxygens (including phenoxy) is 1. The second kappa shape index (κ2) is 8.13. The number of carbonyl (C=O) groups excluding carboxylic acids is 1. The molecule has 134 valence electrons. The summed E-state index contributed by atoms with van der Waals surface area (Å²) in [5.41, 5.74) is 2.63. The number of nitrogens with one attached hydrogen (secondary N) is 2. The zero-order valence-electron chi connectivity index (χ0n) is 15.7. The van der Waals surface area contributed by atoms with E-state index in [-0.39, 0.29) is 5.97 Å². The molecule has 0 saturated heterocycles. The third-order valence-electron chi connectivity index (χ3n) is 4.76. The first-order chi connectivity index (χ1) is 11.4. The minimum atomic E-state index is -0.477. The predicted molar refractivity (Wildman–Crippen MR) is 98.4 cm³/mol. The predicted octanol–water partition coefficient (Wildman–Crippen LogP) is 3.61. The molecule has 4 nitrogen and oxygen atoms in total. The van der Waals surface area contributed by atoms with Gasteiger partial charge in [-0.05, 0) is 83.7 Å². The van der Waals surface area contributed by atoms with Crippen molar-refractivity contribution in [1.82, 2.24) is 10.6 Å². The van der Waals surface area contributed by atoms with Gasteiger partial charge in [-0.1, -0.05) is 12.1 Å². The molecule has 2 N–H and O–H groups in total. The van der Waals surface area contributed by atoms with Gasteiger partial charge >= 0.3 is 5.97 Å². The Morgan fingerprint density at radius 3 is 2.38 bits per heavy atom. The standard InChI is InChI=1S/C20H32N2O2/c1-20(2,3)24-19(23)17-8-6-7-16(18(17)13-21-4)14-9-11-15(22-5)12-10-14/h6-8,14-15,21-22H,9-13H2,1-5H3. The smallest absolute Gasteiger partial charge is 0.338 e. The average Bonchev–Trinajstić information content (AvgIpc) is 2.54. The zero-order valence-corrected chi connectivity index (χ0v) is 15.7. The molecule has 0 spiro atoms. The van der Waals surface area contributed by atoms with Gasteiger partial charge in [-0.3, -0.25) is 0 Å². The van der Waals surface area contributed by atoms with Gasteiger partial charge in [0, 0.05) is 12.6 Å². The van der Waals surface area contributed by atoms with Crippen molar-refractivity contribution in [2.45, 2.75) is 70.6 Å². The van der Waals surface area contributed by atoms with Crippen molar-refractivity contribution < 1.29 is 9.53 Å². The lowest BCUT2D eigenvalue weighted by molar-refractivity contribution is 0.00680. The van der Waals surface area contributed by atoms with Gasteiger partial charge in [0.15, 0.2) is 0 Å². The van der Waals surface area contributed by atoms with Crippen molar-refractivity contribution in [2.75, 3.05) is 14.1 Å². The summed E-state index contributed by atoms with van der Waals surface area (Å²) in [6.45, 7) is 6.42. The van der Waals surface area contributed by atoms with Crippen molar-refractivity contribution in [3.63, 3.8) is 0 Å². The second-order valence-electron chi connectivity index (χ2n) is 7.74. The van der Waals surface area contributed by atoms with Gasteiger partial charge in [0.1, 0.15) is 5.60 Å². The van der Waals surface area contributed by atoms with Gasteiger partial charge in [0.2, 0.25) is 0 Å². The molecule has 0 aromatic heterocycles. The Morgan fingerprint density at radius 1 is 1.17 bits per heavy atom. The van der Waals surface area contributed by atoms with Gasteiger partial charge in [-0.15, -0.1) is 0 Å². The quantitative estimate of drug-likeness (QED) is 0.809. The van der Waals surface area contributed by atoms with Gasteiger partial charge < -0.3 is 15.4 Å². The van der Waals surface area contributed by atoms with Crippen LogP contribution in [0.5, 0.6) is 0 Å². The Bertz CT molecular complexity index is 555. The van der Waals surface area contributed by atoms with E-state index in [2.05, 4.69) is 16.7 Å². The fourth-order valence-electron chi connectivity index (χ4n) is 3.58. The number of hydrogen-bond acceptors (Lipinski definition) is 4. The summed E-state index contributed by atoms with van der Waals surface area (Å²) in [5.74, 6) is 0.304. The van der Waals surface area contributed by atoms with Crippen LogP contribution >= 0.6 is 0 Å². The molecule has 0 heterocycles. The number of rotatable bonds is 5. The molecule has 0 unspecified atom stereocenters. The van der Waals surface area contributed by atoms with Crippen molar-refractivity contribution in [1.29, 1.82) is 0 Å². The van der Waals surface area contributed by atoms with Crippen LogP contribution in [-0.2, 0) is 11.3 Å². The summed E-state index contributed by atoms with van der Waals surface area (Å²) in [4.78, 5) is 12.6. The molecule has 2 rings (SSSR count). The molecular weight excluding hydrogens is 300 g/mol. The van der Waals surface area contributed by atoms with Crippen LogP contribution in [0.3, 0.4) is 0 Å². The Hall–Kier alpha value is -1.39. The van der Waals surface area contributed by atoms with Crippen LogP contribution in [0.4, 0.5) is 0 Å². The molecule has 0 bridgehead atoms. The van der Waals surface area contributed by atoms with Crippen molar-refractivity contribution >= 4 is 5.97 Å². The summed E-state index contributed by atoms with van der Waals surface area (Å²) >= 11 is 0. The number of esters is 1. The van der Waals surface area contributed by atoms with Crippen LogP contribution < -0.4 is 10.6 Å². The van der Waals surface area contributed by atoms with Crippen LogP contribution in [0.15, 0.2) is 18.2 Å². The molecule has 24 heavy (non-hydrogen) atoms. The molecular formula is C20H32N2O2. The first kappa shape index (κ1) is 18.9. The van der Waals surface area contributed by atoms with Crippen molar-refractivity contribution in [3.8, 4) is 0 Å². The normalized spacial score (nSPS) is 21.5. The van der Waals surface area contributed by atoms with Crippen LogP contribution in [-0.4, -0.2) is 31.7 Å². The third-order valence-corrected chi connectivity index (χ3v) is 4.76. The Morgan fingerprint density at radius 2 is 1.83 bits per heavy atom. The Kier molecular flexibility index (Phi) is 6.41. The largest absolute Gasteiger partial charge is 0.456 e. The molecule has 0 atom stereocenters. The topological polar surface area (TPSA) is 50.4 Å². The average molecular weight is 332 g/mol. The summed E-state index contributed by atoms with van der Waals surface area (Å²) < 4.78 is 5.61. The van der Waals surface area contributed by atoms with Crippen LogP contribution in [0.25, 0.3) is 0 Å². The molecule has 1 aromatic rings. The number of carbonyl (C=O) groups is 1. The van der Waals surface area contributed by atoms with E-state index in [0.29, 0.717) is 24.1 Å². The van der Waals surface area contributed by atoms with Gasteiger partial charge in [-0.2, -0.15) is 0 Å². The highest BCUT2D eigenvalue weighted by atomic mass is 16.6. The molecule has 0 aliphatic heterocycles. The monoisotopic (exact) mass is 332 g/mol. The lowest BCUT2D eigenvalue weighted by atomic mass is 9.79. The maximum Gasteiger partial charge on any atom is 0.338 e. The molecule has 1 aromatic carbocycles. The van der Waals surface area contributed by atoms with E-state index in [9.17, 15) is 4.79 Å². The van der Waals surface area contributed by atoms with E-state index in [4.69, 9.17) is 4.74 Å². The molecule has 1 aliphatic rings. The van der Waals surface area contributed by atoms with E-state index < -0.39 is 5.60 Å². The highest BCUT2D eigenvalue weighted by Crippen LogP contribution is 2.36. The van der Waals surface area contributed by atoms with Crippen LogP contribution in [0.2, 0.25) is 0 Å². The Labute approximate surface area is 146 Å². The van der Waals surface area contributed by atoms with Gasteiger partial charge in [0.25, 0.3) is 0 Å². The van der Waals surface area contributed by atoms with Crippen LogP contribution in [0, 0.1) is 0 Å². The highest BCUT2D eigenvalue weighted by molar-refractivity contribution is 5.91. The fraction of sp³-hybridized carbons (Fsp3) is 0.650.